The van der Waals surface area contributed by atoms with E-state index >= 15 is 0 Å². The van der Waals surface area contributed by atoms with Crippen LogP contribution in [-0.2, 0) is 26.8 Å². The Balaban J connectivity index is 1.80. The summed E-state index contributed by atoms with van der Waals surface area (Å²) in [6.45, 7) is 5.75. The number of carbonyl (C=O) groups excluding carboxylic acids is 1. The van der Waals surface area contributed by atoms with Crippen molar-refractivity contribution in [2.45, 2.75) is 57.9 Å². The van der Waals surface area contributed by atoms with E-state index in [-0.39, 0.29) is 11.8 Å². The highest BCUT2D eigenvalue weighted by atomic mass is 32.2. The molecule has 0 aliphatic carbocycles. The summed E-state index contributed by atoms with van der Waals surface area (Å²) >= 11 is 0. The number of likely N-dealkylation sites (tertiary alicyclic amines) is 1. The Morgan fingerprint density at radius 2 is 2.04 bits per heavy atom. The van der Waals surface area contributed by atoms with Crippen molar-refractivity contribution in [1.29, 1.82) is 0 Å². The summed E-state index contributed by atoms with van der Waals surface area (Å²) in [6, 6.07) is 0. The first-order valence-corrected chi connectivity index (χ1v) is 11.4. The molecule has 7 nitrogen and oxygen atoms in total. The topological polar surface area (TPSA) is 86.4 Å². The largest absolute Gasteiger partial charge is 0.348 e. The van der Waals surface area contributed by atoms with Gasteiger partial charge in [0.05, 0.1) is 23.8 Å². The van der Waals surface area contributed by atoms with E-state index in [2.05, 4.69) is 16.9 Å². The van der Waals surface area contributed by atoms with E-state index in [1.165, 1.54) is 6.26 Å². The fourth-order valence-electron chi connectivity index (χ4n) is 4.47. The number of H-pyrrole nitrogens is 1. The van der Waals surface area contributed by atoms with Crippen molar-refractivity contribution in [2.75, 3.05) is 25.9 Å². The number of unbranched alkanes of at least 4 members (excludes halogenated alkanes) is 1. The van der Waals surface area contributed by atoms with Crippen LogP contribution >= 0.6 is 0 Å². The Morgan fingerprint density at radius 1 is 1.35 bits per heavy atom. The van der Waals surface area contributed by atoms with Gasteiger partial charge >= 0.3 is 0 Å². The van der Waals surface area contributed by atoms with Gasteiger partial charge in [0.2, 0.25) is 15.9 Å². The number of hydrogen-bond acceptors (Lipinski definition) is 4. The zero-order chi connectivity index (χ0) is 18.9. The lowest BCUT2D eigenvalue weighted by atomic mass is 9.80. The molecule has 26 heavy (non-hydrogen) atoms. The van der Waals surface area contributed by atoms with Gasteiger partial charge in [-0.3, -0.25) is 4.79 Å². The number of aromatic amines is 1. The summed E-state index contributed by atoms with van der Waals surface area (Å²) in [5.74, 6) is 0.222. The predicted octanol–water partition coefficient (Wildman–Crippen LogP) is 1.87. The number of carbonyl (C=O) groups is 1. The van der Waals surface area contributed by atoms with E-state index in [0.29, 0.717) is 38.9 Å². The van der Waals surface area contributed by atoms with E-state index in [9.17, 15) is 13.2 Å². The third-order valence-corrected chi connectivity index (χ3v) is 7.25. The molecule has 146 valence electrons. The van der Waals surface area contributed by atoms with Crippen LogP contribution in [0.15, 0.2) is 6.33 Å². The summed E-state index contributed by atoms with van der Waals surface area (Å²) in [5.41, 5.74) is 1.26. The predicted molar refractivity (Wildman–Crippen MR) is 100 cm³/mol. The third kappa shape index (κ3) is 3.41. The molecular formula is C18H30N4O3S. The highest BCUT2D eigenvalue weighted by Gasteiger charge is 2.50. The van der Waals surface area contributed by atoms with Crippen molar-refractivity contribution in [3.05, 3.63) is 17.7 Å². The molecule has 1 spiro atoms. The molecule has 1 atom stereocenters. The van der Waals surface area contributed by atoms with Gasteiger partial charge in [-0.05, 0) is 19.3 Å². The second kappa shape index (κ2) is 7.31. The Labute approximate surface area is 156 Å². The Hall–Kier alpha value is -1.41. The second-order valence-corrected chi connectivity index (χ2v) is 9.62. The van der Waals surface area contributed by atoms with Crippen molar-refractivity contribution in [3.8, 4) is 0 Å². The van der Waals surface area contributed by atoms with Crippen LogP contribution in [0, 0.1) is 5.92 Å². The Morgan fingerprint density at radius 3 is 2.65 bits per heavy atom. The summed E-state index contributed by atoms with van der Waals surface area (Å²) in [4.78, 5) is 22.3. The van der Waals surface area contributed by atoms with Gasteiger partial charge in [0, 0.05) is 37.7 Å². The van der Waals surface area contributed by atoms with E-state index < -0.39 is 15.6 Å². The van der Waals surface area contributed by atoms with Gasteiger partial charge in [-0.1, -0.05) is 26.7 Å². The summed E-state index contributed by atoms with van der Waals surface area (Å²) < 4.78 is 26.5. The maximum absolute atomic E-state index is 12.7. The maximum Gasteiger partial charge on any atom is 0.225 e. The molecule has 2 aliphatic rings. The van der Waals surface area contributed by atoms with Crippen LogP contribution < -0.4 is 0 Å². The standard InChI is InChI=1S/C18H30N4O3S/c1-4-5-6-14(2)17(23)21-11-8-18(9-12-21)16-15(19-13-20-16)7-10-22(18)26(3,24)25/h13-14H,4-12H2,1-3H3,(H,19,20)/t14-/m0/s1. The molecular weight excluding hydrogens is 352 g/mol. The number of piperidine rings is 1. The van der Waals surface area contributed by atoms with Crippen molar-refractivity contribution in [2.24, 2.45) is 5.92 Å². The molecule has 1 amide bonds. The number of sulfonamides is 1. The minimum Gasteiger partial charge on any atom is -0.348 e. The molecule has 1 fully saturated rings. The van der Waals surface area contributed by atoms with E-state index in [1.807, 2.05) is 11.8 Å². The van der Waals surface area contributed by atoms with E-state index in [4.69, 9.17) is 0 Å². The van der Waals surface area contributed by atoms with Crippen LogP contribution in [0.5, 0.6) is 0 Å². The maximum atomic E-state index is 12.7. The molecule has 2 aliphatic heterocycles. The molecule has 8 heteroatoms. The zero-order valence-electron chi connectivity index (χ0n) is 16.0. The molecule has 1 N–H and O–H groups in total. The van der Waals surface area contributed by atoms with Crippen molar-refractivity contribution >= 4 is 15.9 Å². The molecule has 1 aromatic heterocycles. The highest BCUT2D eigenvalue weighted by molar-refractivity contribution is 7.88. The number of nitrogens with zero attached hydrogens (tertiary/aromatic N) is 3. The van der Waals surface area contributed by atoms with Gasteiger partial charge in [-0.15, -0.1) is 0 Å². The number of fused-ring (bicyclic) bond motifs is 2. The van der Waals surface area contributed by atoms with Crippen LogP contribution in [0.3, 0.4) is 0 Å². The second-order valence-electron chi connectivity index (χ2n) is 7.71. The molecule has 0 aromatic carbocycles. The van der Waals surface area contributed by atoms with Gasteiger partial charge < -0.3 is 9.88 Å². The van der Waals surface area contributed by atoms with Crippen molar-refractivity contribution < 1.29 is 13.2 Å². The van der Waals surface area contributed by atoms with E-state index in [1.54, 1.807) is 10.6 Å². The smallest absolute Gasteiger partial charge is 0.225 e. The fraction of sp³-hybridized carbons (Fsp3) is 0.778. The minimum absolute atomic E-state index is 0.0299. The normalized spacial score (nSPS) is 21.6. The molecule has 0 bridgehead atoms. The van der Waals surface area contributed by atoms with Crippen LogP contribution in [0.2, 0.25) is 0 Å². The molecule has 3 heterocycles. The minimum atomic E-state index is -3.34. The van der Waals surface area contributed by atoms with Gasteiger partial charge in [-0.2, -0.15) is 4.31 Å². The van der Waals surface area contributed by atoms with Crippen LogP contribution in [-0.4, -0.2) is 59.4 Å². The average Bonchev–Trinajstić information content (AvgIpc) is 3.09. The van der Waals surface area contributed by atoms with Crippen molar-refractivity contribution in [3.63, 3.8) is 0 Å². The lowest BCUT2D eigenvalue weighted by Crippen LogP contribution is -2.58. The lowest BCUT2D eigenvalue weighted by molar-refractivity contribution is -0.137. The first-order chi connectivity index (χ1) is 12.3. The molecule has 1 aromatic rings. The van der Waals surface area contributed by atoms with Crippen LogP contribution in [0.25, 0.3) is 0 Å². The third-order valence-electron chi connectivity index (χ3n) is 5.92. The number of imidazole rings is 1. The first kappa shape index (κ1) is 19.4. The molecule has 0 saturated carbocycles. The summed E-state index contributed by atoms with van der Waals surface area (Å²) in [7, 11) is -3.34. The zero-order valence-corrected chi connectivity index (χ0v) is 16.8. The molecule has 1 saturated heterocycles. The number of hydrogen-bond donors (Lipinski definition) is 1. The number of rotatable bonds is 5. The Kier molecular flexibility index (Phi) is 5.44. The van der Waals surface area contributed by atoms with Gasteiger partial charge in [0.25, 0.3) is 0 Å². The lowest BCUT2D eigenvalue weighted by Gasteiger charge is -2.49. The molecule has 3 rings (SSSR count). The Bertz CT molecular complexity index is 750. The quantitative estimate of drug-likeness (QED) is 0.842. The van der Waals surface area contributed by atoms with Gasteiger partial charge in [0.1, 0.15) is 0 Å². The summed E-state index contributed by atoms with van der Waals surface area (Å²) in [6.07, 6.45) is 7.85. The fourth-order valence-corrected chi connectivity index (χ4v) is 5.80. The number of nitrogens with one attached hydrogen (secondary N) is 1. The van der Waals surface area contributed by atoms with Crippen LogP contribution in [0.1, 0.15) is 57.3 Å². The monoisotopic (exact) mass is 382 g/mol. The van der Waals surface area contributed by atoms with Crippen LogP contribution in [0.4, 0.5) is 0 Å². The first-order valence-electron chi connectivity index (χ1n) is 9.59. The van der Waals surface area contributed by atoms with Crippen molar-refractivity contribution in [1.82, 2.24) is 19.2 Å². The SMILES string of the molecule is CCCC[C@H](C)C(=O)N1CCC2(CC1)c1nc[nH]c1CCN2S(C)(=O)=O. The number of aromatic nitrogens is 2. The van der Waals surface area contributed by atoms with E-state index in [0.717, 1.165) is 30.7 Å². The molecule has 0 radical (unpaired) electrons. The van der Waals surface area contributed by atoms with Gasteiger partial charge in [0.15, 0.2) is 0 Å². The average molecular weight is 383 g/mol. The van der Waals surface area contributed by atoms with Gasteiger partial charge in [-0.25, -0.2) is 13.4 Å². The molecule has 0 unspecified atom stereocenters. The number of amides is 1. The highest BCUT2D eigenvalue weighted by Crippen LogP contribution is 2.43. The summed E-state index contributed by atoms with van der Waals surface area (Å²) in [5, 5.41) is 0.